The monoisotopic (exact) mass is 340 g/mol. The first-order chi connectivity index (χ1) is 12.1. The molecule has 4 rings (SSSR count). The number of hydrogen-bond acceptors (Lipinski definition) is 5. The second-order valence-corrected chi connectivity index (χ2v) is 7.17. The normalized spacial score (nSPS) is 20.9. The van der Waals surface area contributed by atoms with Crippen molar-refractivity contribution in [2.45, 2.75) is 32.7 Å². The first kappa shape index (κ1) is 16.1. The lowest BCUT2D eigenvalue weighted by atomic mass is 9.92. The molecule has 3 aromatic heterocycles. The van der Waals surface area contributed by atoms with Crippen molar-refractivity contribution in [2.24, 2.45) is 5.92 Å². The minimum Gasteiger partial charge on any atom is -0.396 e. The molecule has 0 aromatic carbocycles. The maximum absolute atomic E-state index is 9.90. The van der Waals surface area contributed by atoms with Crippen LogP contribution in [0.1, 0.15) is 37.1 Å². The number of aromatic nitrogens is 5. The molecule has 1 N–H and O–H groups in total. The van der Waals surface area contributed by atoms with Crippen molar-refractivity contribution in [3.63, 3.8) is 0 Å². The lowest BCUT2D eigenvalue weighted by Crippen LogP contribution is -2.22. The van der Waals surface area contributed by atoms with Crippen LogP contribution in [0.3, 0.4) is 0 Å². The van der Waals surface area contributed by atoms with Crippen LogP contribution in [0.2, 0.25) is 0 Å². The Morgan fingerprint density at radius 2 is 2.16 bits per heavy atom. The number of hydrogen-bond donors (Lipinski definition) is 1. The van der Waals surface area contributed by atoms with E-state index in [1.54, 1.807) is 6.20 Å². The maximum Gasteiger partial charge on any atom is 0.154 e. The van der Waals surface area contributed by atoms with Gasteiger partial charge < -0.3 is 10.0 Å². The molecule has 0 amide bonds. The molecule has 7 heteroatoms. The third-order valence-electron chi connectivity index (χ3n) is 5.05. The van der Waals surface area contributed by atoms with Crippen molar-refractivity contribution >= 4 is 11.3 Å². The average Bonchev–Trinajstić information content (AvgIpc) is 3.30. The van der Waals surface area contributed by atoms with Gasteiger partial charge >= 0.3 is 0 Å². The third kappa shape index (κ3) is 2.78. The highest BCUT2D eigenvalue weighted by Crippen LogP contribution is 2.36. The second kappa shape index (κ2) is 6.15. The van der Waals surface area contributed by atoms with Gasteiger partial charge in [0, 0.05) is 56.2 Å². The summed E-state index contributed by atoms with van der Waals surface area (Å²) in [6.45, 7) is 7.99. The number of anilines is 1. The molecular formula is C18H24N6O. The van der Waals surface area contributed by atoms with Crippen LogP contribution in [0.25, 0.3) is 5.52 Å². The molecule has 1 fully saturated rings. The zero-order chi connectivity index (χ0) is 17.6. The van der Waals surface area contributed by atoms with Gasteiger partial charge in [0.15, 0.2) is 5.82 Å². The predicted molar refractivity (Wildman–Crippen MR) is 95.9 cm³/mol. The molecule has 0 saturated carbocycles. The summed E-state index contributed by atoms with van der Waals surface area (Å²) in [7, 11) is 0. The van der Waals surface area contributed by atoms with Crippen LogP contribution in [0.5, 0.6) is 0 Å². The largest absolute Gasteiger partial charge is 0.396 e. The molecule has 7 nitrogen and oxygen atoms in total. The predicted octanol–water partition coefficient (Wildman–Crippen LogP) is 2.03. The summed E-state index contributed by atoms with van der Waals surface area (Å²) in [5, 5.41) is 18.8. The zero-order valence-electron chi connectivity index (χ0n) is 14.9. The van der Waals surface area contributed by atoms with Gasteiger partial charge in [0.1, 0.15) is 5.52 Å². The Bertz CT molecular complexity index is 883. The summed E-state index contributed by atoms with van der Waals surface area (Å²) in [6.07, 6.45) is 7.70. The minimum absolute atomic E-state index is 0.162. The fourth-order valence-corrected chi connectivity index (χ4v) is 3.71. The van der Waals surface area contributed by atoms with E-state index in [-0.39, 0.29) is 18.4 Å². The average molecular weight is 340 g/mol. The summed E-state index contributed by atoms with van der Waals surface area (Å²) < 4.78 is 3.85. The summed E-state index contributed by atoms with van der Waals surface area (Å²) in [5.74, 6) is 1.36. The van der Waals surface area contributed by atoms with Gasteiger partial charge in [0.25, 0.3) is 0 Å². The number of aliphatic hydroxyl groups excluding tert-OH is 1. The SMILES string of the molecule is Cc1cc2c(N3C[C@@H](CO)[C@H](c4cnn(C(C)C)c4)C3)nccn2n1. The van der Waals surface area contributed by atoms with E-state index in [2.05, 4.69) is 46.2 Å². The molecule has 2 atom stereocenters. The van der Waals surface area contributed by atoms with Crippen LogP contribution >= 0.6 is 0 Å². The van der Waals surface area contributed by atoms with Crippen LogP contribution in [0.15, 0.2) is 30.9 Å². The van der Waals surface area contributed by atoms with E-state index < -0.39 is 0 Å². The molecule has 1 saturated heterocycles. The third-order valence-corrected chi connectivity index (χ3v) is 5.05. The van der Waals surface area contributed by atoms with Crippen molar-refractivity contribution in [3.05, 3.63) is 42.1 Å². The van der Waals surface area contributed by atoms with Crippen LogP contribution < -0.4 is 4.90 Å². The standard InChI is InChI=1S/C18H24N6O/c1-12(2)24-9-14(7-20-24)16-10-22(8-15(16)11-25)18-17-6-13(3)21-23(17)5-4-19-18/h4-7,9,12,15-16,25H,8,10-11H2,1-3H3/t15-,16-/m0/s1. The number of aliphatic hydroxyl groups is 1. The van der Waals surface area contributed by atoms with Gasteiger partial charge in [-0.15, -0.1) is 0 Å². The Kier molecular flexibility index (Phi) is 3.95. The summed E-state index contributed by atoms with van der Waals surface area (Å²) in [4.78, 5) is 6.85. The number of nitrogens with zero attached hydrogens (tertiary/aromatic N) is 6. The Balaban J connectivity index is 1.66. The Hall–Kier alpha value is -2.41. The lowest BCUT2D eigenvalue weighted by Gasteiger charge is -2.18. The first-order valence-corrected chi connectivity index (χ1v) is 8.77. The van der Waals surface area contributed by atoms with E-state index in [1.807, 2.05) is 28.5 Å². The Morgan fingerprint density at radius 3 is 2.88 bits per heavy atom. The van der Waals surface area contributed by atoms with Gasteiger partial charge in [-0.25, -0.2) is 9.50 Å². The molecule has 1 aliphatic rings. The van der Waals surface area contributed by atoms with Gasteiger partial charge in [0.2, 0.25) is 0 Å². The Labute approximate surface area is 146 Å². The van der Waals surface area contributed by atoms with Gasteiger partial charge in [0.05, 0.1) is 11.9 Å². The lowest BCUT2D eigenvalue weighted by molar-refractivity contribution is 0.227. The van der Waals surface area contributed by atoms with Crippen molar-refractivity contribution in [2.75, 3.05) is 24.6 Å². The molecule has 25 heavy (non-hydrogen) atoms. The first-order valence-electron chi connectivity index (χ1n) is 8.77. The van der Waals surface area contributed by atoms with E-state index in [0.717, 1.165) is 30.1 Å². The molecular weight excluding hydrogens is 316 g/mol. The van der Waals surface area contributed by atoms with Crippen LogP contribution in [0.4, 0.5) is 5.82 Å². The molecule has 0 radical (unpaired) electrons. The zero-order valence-corrected chi connectivity index (χ0v) is 14.9. The number of fused-ring (bicyclic) bond motifs is 1. The summed E-state index contributed by atoms with van der Waals surface area (Å²) in [5.41, 5.74) is 3.17. The number of rotatable bonds is 4. The molecule has 0 bridgehead atoms. The van der Waals surface area contributed by atoms with Gasteiger partial charge in [-0.05, 0) is 32.4 Å². The molecule has 132 valence electrons. The van der Waals surface area contributed by atoms with Crippen molar-refractivity contribution in [1.82, 2.24) is 24.4 Å². The minimum atomic E-state index is 0.162. The summed E-state index contributed by atoms with van der Waals surface area (Å²) >= 11 is 0. The van der Waals surface area contributed by atoms with E-state index in [9.17, 15) is 5.11 Å². The smallest absolute Gasteiger partial charge is 0.154 e. The van der Waals surface area contributed by atoms with Crippen LogP contribution in [-0.2, 0) is 0 Å². The molecule has 1 aliphatic heterocycles. The van der Waals surface area contributed by atoms with Crippen molar-refractivity contribution in [3.8, 4) is 0 Å². The molecule has 0 spiro atoms. The van der Waals surface area contributed by atoms with Gasteiger partial charge in [-0.2, -0.15) is 10.2 Å². The highest BCUT2D eigenvalue weighted by molar-refractivity contribution is 5.69. The van der Waals surface area contributed by atoms with Crippen molar-refractivity contribution < 1.29 is 5.11 Å². The second-order valence-electron chi connectivity index (χ2n) is 7.17. The molecule has 0 unspecified atom stereocenters. The fraction of sp³-hybridized carbons (Fsp3) is 0.500. The van der Waals surface area contributed by atoms with E-state index in [0.29, 0.717) is 6.04 Å². The highest BCUT2D eigenvalue weighted by atomic mass is 16.3. The molecule has 3 aromatic rings. The highest BCUT2D eigenvalue weighted by Gasteiger charge is 2.35. The van der Waals surface area contributed by atoms with E-state index in [4.69, 9.17) is 0 Å². The quantitative estimate of drug-likeness (QED) is 0.787. The van der Waals surface area contributed by atoms with Crippen molar-refractivity contribution in [1.29, 1.82) is 0 Å². The van der Waals surface area contributed by atoms with E-state index >= 15 is 0 Å². The van der Waals surface area contributed by atoms with Gasteiger partial charge in [-0.3, -0.25) is 4.68 Å². The number of aryl methyl sites for hydroxylation is 1. The van der Waals surface area contributed by atoms with E-state index in [1.165, 1.54) is 5.56 Å². The topological polar surface area (TPSA) is 71.5 Å². The van der Waals surface area contributed by atoms with Gasteiger partial charge in [-0.1, -0.05) is 0 Å². The maximum atomic E-state index is 9.90. The molecule has 0 aliphatic carbocycles. The Morgan fingerprint density at radius 1 is 1.32 bits per heavy atom. The molecule has 4 heterocycles. The van der Waals surface area contributed by atoms with Crippen LogP contribution in [-0.4, -0.2) is 49.2 Å². The van der Waals surface area contributed by atoms with Crippen LogP contribution in [0, 0.1) is 12.8 Å². The fourth-order valence-electron chi connectivity index (χ4n) is 3.71. The summed E-state index contributed by atoms with van der Waals surface area (Å²) in [6, 6.07) is 2.39.